The highest BCUT2D eigenvalue weighted by atomic mass is 35.5. The second-order valence-electron chi connectivity index (χ2n) is 7.03. The quantitative estimate of drug-likeness (QED) is 0.405. The first-order chi connectivity index (χ1) is 15.7. The van der Waals surface area contributed by atoms with Crippen molar-refractivity contribution in [2.75, 3.05) is 38.0 Å². The van der Waals surface area contributed by atoms with Crippen molar-refractivity contribution in [3.05, 3.63) is 83.9 Å². The van der Waals surface area contributed by atoms with E-state index >= 15 is 0 Å². The van der Waals surface area contributed by atoms with Gasteiger partial charge >= 0.3 is 0 Å². The summed E-state index contributed by atoms with van der Waals surface area (Å²) in [6.45, 7) is 2.46. The van der Waals surface area contributed by atoms with Crippen LogP contribution in [0.3, 0.4) is 0 Å². The molecule has 1 heterocycles. The van der Waals surface area contributed by atoms with Gasteiger partial charge < -0.3 is 19.5 Å². The molecule has 1 aliphatic rings. The van der Waals surface area contributed by atoms with Crippen LogP contribution in [0, 0.1) is 0 Å². The van der Waals surface area contributed by atoms with E-state index in [9.17, 15) is 4.39 Å². The highest BCUT2D eigenvalue weighted by Gasteiger charge is 2.21. The van der Waals surface area contributed by atoms with E-state index in [-0.39, 0.29) is 6.04 Å². The predicted octanol–water partition coefficient (Wildman–Crippen LogP) is 6.07. The summed E-state index contributed by atoms with van der Waals surface area (Å²) in [5.41, 5.74) is 1.03. The van der Waals surface area contributed by atoms with E-state index in [1.165, 1.54) is 0 Å². The van der Waals surface area contributed by atoms with Gasteiger partial charge in [0, 0.05) is 44.9 Å². The van der Waals surface area contributed by atoms with Gasteiger partial charge in [0.15, 0.2) is 0 Å². The van der Waals surface area contributed by atoms with Gasteiger partial charge in [-0.3, -0.25) is 0 Å². The molecule has 4 nitrogen and oxygen atoms in total. The van der Waals surface area contributed by atoms with E-state index in [4.69, 9.17) is 20.9 Å². The van der Waals surface area contributed by atoms with Crippen LogP contribution in [0.5, 0.6) is 5.75 Å². The second kappa shape index (κ2) is 13.7. The van der Waals surface area contributed by atoms with Crippen molar-refractivity contribution in [1.82, 2.24) is 5.32 Å². The molecule has 0 bridgehead atoms. The van der Waals surface area contributed by atoms with Crippen LogP contribution in [0.15, 0.2) is 88.7 Å². The average molecular weight is 493 g/mol. The van der Waals surface area contributed by atoms with E-state index in [0.29, 0.717) is 12.4 Å². The van der Waals surface area contributed by atoms with Gasteiger partial charge in [-0.25, -0.2) is 4.39 Å². The molecule has 1 saturated heterocycles. The summed E-state index contributed by atoms with van der Waals surface area (Å²) in [5, 5.41) is 4.15. The van der Waals surface area contributed by atoms with Crippen molar-refractivity contribution in [3.63, 3.8) is 0 Å². The number of ether oxygens (including phenoxy) is 1. The third-order valence-electron chi connectivity index (χ3n) is 4.74. The summed E-state index contributed by atoms with van der Waals surface area (Å²) in [6, 6.07) is 25.7. The minimum absolute atomic E-state index is 0.282. The molecule has 0 saturated carbocycles. The lowest BCUT2D eigenvalue weighted by atomic mass is 10.2. The molecule has 0 aromatic heterocycles. The largest absolute Gasteiger partial charge is 0.463 e. The van der Waals surface area contributed by atoms with Crippen molar-refractivity contribution in [3.8, 4) is 5.75 Å². The van der Waals surface area contributed by atoms with Gasteiger partial charge in [-0.1, -0.05) is 65.8 Å². The van der Waals surface area contributed by atoms with Crippen LogP contribution in [0.1, 0.15) is 0 Å². The first-order valence-corrected chi connectivity index (χ1v) is 11.9. The second-order valence-corrected chi connectivity index (χ2v) is 8.92. The minimum atomic E-state index is -0.831. The summed E-state index contributed by atoms with van der Waals surface area (Å²) in [7, 11) is 2.29. The van der Waals surface area contributed by atoms with Crippen LogP contribution in [0.25, 0.3) is 0 Å². The van der Waals surface area contributed by atoms with Crippen LogP contribution in [0.2, 0.25) is 5.02 Å². The lowest BCUT2D eigenvalue weighted by Crippen LogP contribution is -2.52. The normalized spacial score (nSPS) is 15.6. The third-order valence-corrected chi connectivity index (χ3v) is 6.22. The molecule has 0 radical (unpaired) electrons. The summed E-state index contributed by atoms with van der Waals surface area (Å²) in [6.07, 6.45) is 0. The van der Waals surface area contributed by atoms with Gasteiger partial charge in [-0.15, -0.1) is 0 Å². The maximum Gasteiger partial charge on any atom is 0.228 e. The van der Waals surface area contributed by atoms with E-state index in [1.807, 2.05) is 60.7 Å². The Bertz CT molecular complexity index is 926. The Kier molecular flexibility index (Phi) is 10.6. The van der Waals surface area contributed by atoms with Crippen molar-refractivity contribution < 1.29 is 13.7 Å². The Morgan fingerprint density at radius 1 is 1.03 bits per heavy atom. The zero-order chi connectivity index (χ0) is 22.6. The van der Waals surface area contributed by atoms with Gasteiger partial charge in [0.25, 0.3) is 0 Å². The molecule has 0 aliphatic carbocycles. The molecule has 0 spiro atoms. The Balaban J connectivity index is 0.000000416. The Hall–Kier alpha value is -1.82. The summed E-state index contributed by atoms with van der Waals surface area (Å²) in [4.78, 5) is 4.27. The van der Waals surface area contributed by atoms with Gasteiger partial charge in [0.2, 0.25) is 6.86 Å². The number of nitrogens with zero attached hydrogens (tertiary/aromatic N) is 1. The fourth-order valence-electron chi connectivity index (χ4n) is 3.29. The van der Waals surface area contributed by atoms with Gasteiger partial charge in [0.1, 0.15) is 5.75 Å². The Morgan fingerprint density at radius 3 is 2.41 bits per heavy atom. The third kappa shape index (κ3) is 7.95. The number of hydrogen-bond donors (Lipinski definition) is 1. The van der Waals surface area contributed by atoms with Gasteiger partial charge in [-0.05, 0) is 36.4 Å². The summed E-state index contributed by atoms with van der Waals surface area (Å²) < 4.78 is 22.4. The molecule has 170 valence electrons. The van der Waals surface area contributed by atoms with E-state index in [0.717, 1.165) is 40.1 Å². The lowest BCUT2D eigenvalue weighted by Gasteiger charge is -2.35. The smallest absolute Gasteiger partial charge is 0.228 e. The Labute approximate surface area is 200 Å². The topological polar surface area (TPSA) is 33.7 Å². The maximum atomic E-state index is 12.3. The van der Waals surface area contributed by atoms with Crippen molar-refractivity contribution in [2.24, 2.45) is 0 Å². The number of nitrogens with one attached hydrogen (secondary N) is 1. The standard InChI is InChI=1S/C18H21ClFN2O2PS.C6H6/c19-17-9-16(26-15-3-1-2-14(8-15)23-12-20)4-5-18(17)22-7-6-21-13(10-22)11-24-25;1-2-4-6-5-3-1/h1-5,8-9,13,21H,6-7,10-12,25H2;1-6H. The zero-order valence-corrected chi connectivity index (χ0v) is 20.4. The number of halogens is 2. The summed E-state index contributed by atoms with van der Waals surface area (Å²) >= 11 is 8.11. The SMILES string of the molecule is FCOc1cccc(Sc2ccc(N3CCNC(COP)C3)c(Cl)c2)c1.c1ccccc1. The highest BCUT2D eigenvalue weighted by molar-refractivity contribution is 7.99. The zero-order valence-electron chi connectivity index (χ0n) is 17.6. The molecule has 32 heavy (non-hydrogen) atoms. The first-order valence-electron chi connectivity index (χ1n) is 10.3. The van der Waals surface area contributed by atoms with E-state index in [1.54, 1.807) is 17.8 Å². The minimum Gasteiger partial charge on any atom is -0.463 e. The van der Waals surface area contributed by atoms with Crippen LogP contribution in [-0.2, 0) is 4.52 Å². The molecular weight excluding hydrogens is 466 g/mol. The molecule has 1 aliphatic heterocycles. The van der Waals surface area contributed by atoms with Crippen molar-refractivity contribution in [1.29, 1.82) is 0 Å². The first kappa shape index (κ1) is 24.8. The fourth-order valence-corrected chi connectivity index (χ4v) is 4.79. The molecule has 2 atom stereocenters. The molecule has 8 heteroatoms. The maximum absolute atomic E-state index is 12.3. The number of anilines is 1. The molecule has 3 aromatic rings. The van der Waals surface area contributed by atoms with Crippen LogP contribution >= 0.6 is 32.8 Å². The molecule has 4 rings (SSSR count). The summed E-state index contributed by atoms with van der Waals surface area (Å²) in [5.74, 6) is 0.517. The monoisotopic (exact) mass is 492 g/mol. The van der Waals surface area contributed by atoms with E-state index < -0.39 is 6.86 Å². The van der Waals surface area contributed by atoms with E-state index in [2.05, 4.69) is 31.8 Å². The number of rotatable bonds is 7. The highest BCUT2D eigenvalue weighted by Crippen LogP contribution is 2.35. The van der Waals surface area contributed by atoms with Crippen LogP contribution in [-0.4, -0.2) is 39.1 Å². The number of alkyl halides is 1. The Morgan fingerprint density at radius 2 is 1.75 bits per heavy atom. The van der Waals surface area contributed by atoms with Crippen LogP contribution < -0.4 is 15.0 Å². The average Bonchev–Trinajstić information content (AvgIpc) is 2.82. The number of benzene rings is 3. The fraction of sp³-hybridized carbons (Fsp3) is 0.250. The lowest BCUT2D eigenvalue weighted by molar-refractivity contribution is 0.191. The van der Waals surface area contributed by atoms with Gasteiger partial charge in [0.05, 0.1) is 17.3 Å². The van der Waals surface area contributed by atoms with Crippen molar-refractivity contribution in [2.45, 2.75) is 15.8 Å². The molecule has 1 fully saturated rings. The van der Waals surface area contributed by atoms with Crippen LogP contribution in [0.4, 0.5) is 10.1 Å². The molecular formula is C24H27ClFN2O2PS. The molecule has 1 N–H and O–H groups in total. The number of hydrogen-bond acceptors (Lipinski definition) is 5. The van der Waals surface area contributed by atoms with Crippen molar-refractivity contribution >= 4 is 38.5 Å². The van der Waals surface area contributed by atoms with Gasteiger partial charge in [-0.2, -0.15) is 0 Å². The molecule has 0 amide bonds. The molecule has 3 aromatic carbocycles. The number of piperazine rings is 1. The predicted molar refractivity (Wildman–Crippen MR) is 135 cm³/mol. The molecule has 2 unspecified atom stereocenters.